The fourth-order valence-electron chi connectivity index (χ4n) is 12.7. The fraction of sp³-hybridized carbons (Fsp3) is 0.690. The molecule has 2 fully saturated rings. The minimum atomic E-state index is -0.890. The van der Waals surface area contributed by atoms with E-state index in [1.165, 1.54) is 79.1 Å². The maximum Gasteiger partial charge on any atom is 0.407 e. The molecule has 0 aromatic heterocycles. The summed E-state index contributed by atoms with van der Waals surface area (Å²) in [5.41, 5.74) is 1.87. The number of ether oxygens (including phenoxy) is 9. The number of unbranched alkanes of at least 4 members (excludes halogenated alkanes) is 13. The quantitative estimate of drug-likeness (QED) is 0.0167. The first-order valence-electron chi connectivity index (χ1n) is 45.6. The van der Waals surface area contributed by atoms with Crippen LogP contribution in [0.5, 0.6) is 0 Å². The third kappa shape index (κ3) is 65.3. The first kappa shape index (κ1) is 113. The van der Waals surface area contributed by atoms with Gasteiger partial charge in [-0.05, 0) is 107 Å². The van der Waals surface area contributed by atoms with Crippen LogP contribution < -0.4 is 95.7 Å². The molecule has 129 heavy (non-hydrogen) atoms. The lowest BCUT2D eigenvalue weighted by Gasteiger charge is -2.22. The molecule has 4 rings (SSSR count). The SMILES string of the molecule is CCCCCCCCNC(=O)OCCNC(=O)NCCCCC(NC(=O)NCCOC(=O)NCCCCCCCC)C(=O)OC.COC(=O)C(CCCCNC(=O)NCCOC(=O)NC1CCCCC1)NC(=O)NCCOC(=O)NC1CCCCC1.COC(=O)C(CCCCNC(=O)NCCOC(=O)NCc1ccccc1)NC(=O)NCCOC(=O)NCc1ccccc1. The van der Waals surface area contributed by atoms with E-state index in [4.69, 9.17) is 42.6 Å². The molecule has 42 nitrogen and oxygen atoms in total. The summed E-state index contributed by atoms with van der Waals surface area (Å²) < 4.78 is 44.6. The van der Waals surface area contributed by atoms with E-state index in [1.807, 2.05) is 60.7 Å². The summed E-state index contributed by atoms with van der Waals surface area (Å²) >= 11 is 0. The smallest absolute Gasteiger partial charge is 0.407 e. The summed E-state index contributed by atoms with van der Waals surface area (Å²) in [6, 6.07) is 13.4. The molecule has 18 N–H and O–H groups in total. The van der Waals surface area contributed by atoms with Gasteiger partial charge in [0.25, 0.3) is 0 Å². The number of benzene rings is 2. The standard InChI is InChI=1S/C31H60N6O8.C29H40N6O8.C27H48N6O8/c1-4-6-8-10-12-15-20-35-30(41)44-24-22-33-28(39)32-19-17-14-18-26(27(38)43-3)37-29(40)34-23-25-45-31(42)36-21-16-13-11-9-7-5-2;1-41-25(36)24(35-27(38)32-17-19-43-29(40)34-21-23-12-6-3-7-13-23)14-8-9-15-30-26(37)31-16-18-42-28(39)33-20-22-10-4-2-5-11-22;1-39-23(34)22(33-25(36)30-17-19-41-27(38)32-21-12-6-3-7-13-21)14-8-9-15-28-24(35)29-16-18-40-26(37)31-20-10-4-2-5-11-20/h26H,4-25H2,1-3H3,(H,35,41)(H,36,42)(H2,32,33,39)(H2,34,37,40);2-7,10-13,24H,8-9,14-21H2,1H3,(H,33,39)(H,34,40)(H2,30,31,37)(H2,32,35,38);20-22H,2-19H2,1H3,(H,31,37)(H,32,38)(H2,28,29,35)(H2,30,33,36). The largest absolute Gasteiger partial charge is 0.467 e. The van der Waals surface area contributed by atoms with E-state index in [2.05, 4.69) is 110 Å². The Morgan fingerprint density at radius 1 is 0.271 bits per heavy atom. The van der Waals surface area contributed by atoms with E-state index in [1.54, 1.807) is 0 Å². The highest BCUT2D eigenvalue weighted by Crippen LogP contribution is 2.19. The number of carbonyl (C=O) groups excluding carboxylic acids is 15. The molecule has 2 saturated carbocycles. The van der Waals surface area contributed by atoms with Gasteiger partial charge in [0.2, 0.25) is 0 Å². The predicted molar refractivity (Wildman–Crippen MR) is 480 cm³/mol. The van der Waals surface area contributed by atoms with Crippen LogP contribution in [0.2, 0.25) is 0 Å². The fourth-order valence-corrected chi connectivity index (χ4v) is 12.7. The van der Waals surface area contributed by atoms with Crippen molar-refractivity contribution in [2.24, 2.45) is 0 Å². The lowest BCUT2D eigenvalue weighted by atomic mass is 9.96. The third-order valence-electron chi connectivity index (χ3n) is 19.7. The monoisotopic (exact) mass is 1830 g/mol. The van der Waals surface area contributed by atoms with E-state index < -0.39 is 109 Å². The second kappa shape index (κ2) is 77.2. The van der Waals surface area contributed by atoms with Crippen molar-refractivity contribution in [1.29, 1.82) is 0 Å². The average Bonchev–Trinajstić information content (AvgIpc) is 0.943. The number of hydrogen-bond donors (Lipinski definition) is 18. The number of hydrogen-bond acceptors (Lipinski definition) is 24. The first-order chi connectivity index (χ1) is 62.6. The summed E-state index contributed by atoms with van der Waals surface area (Å²) in [5, 5.41) is 47.4. The molecular weight excluding hydrogens is 1680 g/mol. The van der Waals surface area contributed by atoms with Gasteiger partial charge in [-0.25, -0.2) is 71.9 Å². The molecule has 0 saturated heterocycles. The number of alkyl carbamates (subject to hydrolysis) is 6. The Kier molecular flexibility index (Phi) is 67.8. The Balaban J connectivity index is 0.000000656. The maximum atomic E-state index is 12.2. The summed E-state index contributed by atoms with van der Waals surface area (Å²) in [6.07, 6.45) is 25.2. The van der Waals surface area contributed by atoms with Gasteiger partial charge in [-0.15, -0.1) is 0 Å². The number of methoxy groups -OCH3 is 3. The molecule has 2 aliphatic rings. The van der Waals surface area contributed by atoms with Crippen molar-refractivity contribution in [2.75, 3.05) is 133 Å². The predicted octanol–water partition coefficient (Wildman–Crippen LogP) is 9.03. The number of amides is 18. The van der Waals surface area contributed by atoms with Gasteiger partial charge in [0.15, 0.2) is 0 Å². The number of carbonyl (C=O) groups is 15. The Morgan fingerprint density at radius 2 is 0.512 bits per heavy atom. The Morgan fingerprint density at radius 3 is 0.798 bits per heavy atom. The average molecular weight is 1830 g/mol. The molecule has 18 amide bonds. The van der Waals surface area contributed by atoms with Crippen molar-refractivity contribution in [1.82, 2.24) is 95.7 Å². The molecule has 0 aliphatic heterocycles. The highest BCUT2D eigenvalue weighted by molar-refractivity contribution is 5.85. The molecule has 42 heteroatoms. The van der Waals surface area contributed by atoms with Crippen LogP contribution in [0.4, 0.5) is 57.5 Å². The topological polar surface area (TPSA) is 556 Å². The van der Waals surface area contributed by atoms with Gasteiger partial charge in [0.1, 0.15) is 57.8 Å². The van der Waals surface area contributed by atoms with Gasteiger partial charge < -0.3 is 138 Å². The van der Waals surface area contributed by atoms with Crippen LogP contribution in [-0.4, -0.2) is 254 Å². The van der Waals surface area contributed by atoms with Crippen molar-refractivity contribution in [2.45, 2.75) is 256 Å². The van der Waals surface area contributed by atoms with Crippen LogP contribution in [0.25, 0.3) is 0 Å². The number of nitrogens with one attached hydrogen (secondary N) is 18. The van der Waals surface area contributed by atoms with Gasteiger partial charge in [-0.1, -0.05) is 177 Å². The molecule has 0 heterocycles. The van der Waals surface area contributed by atoms with Gasteiger partial charge in [-0.3, -0.25) is 0 Å². The van der Waals surface area contributed by atoms with Crippen LogP contribution in [0.15, 0.2) is 60.7 Å². The zero-order chi connectivity index (χ0) is 94.2. The van der Waals surface area contributed by atoms with E-state index >= 15 is 0 Å². The molecule has 2 aliphatic carbocycles. The first-order valence-corrected chi connectivity index (χ1v) is 45.6. The number of urea groups is 6. The van der Waals surface area contributed by atoms with Crippen LogP contribution in [0.3, 0.4) is 0 Å². The van der Waals surface area contributed by atoms with Crippen LogP contribution >= 0.6 is 0 Å². The lowest BCUT2D eigenvalue weighted by molar-refractivity contribution is -0.143. The molecule has 730 valence electrons. The Hall–Kier alpha value is -11.9. The minimum Gasteiger partial charge on any atom is -0.467 e. The second-order valence-corrected chi connectivity index (χ2v) is 30.3. The molecule has 0 radical (unpaired) electrons. The summed E-state index contributed by atoms with van der Waals surface area (Å²) in [7, 11) is 3.70. The summed E-state index contributed by atoms with van der Waals surface area (Å²) in [6.45, 7) is 7.95. The van der Waals surface area contributed by atoms with Crippen molar-refractivity contribution < 1.29 is 115 Å². The van der Waals surface area contributed by atoms with Crippen molar-refractivity contribution in [3.63, 3.8) is 0 Å². The molecule has 0 spiro atoms. The highest BCUT2D eigenvalue weighted by Gasteiger charge is 2.25. The number of esters is 3. The van der Waals surface area contributed by atoms with Gasteiger partial charge in [0, 0.05) is 57.9 Å². The number of rotatable bonds is 59. The van der Waals surface area contributed by atoms with Gasteiger partial charge in [0.05, 0.1) is 60.6 Å². The van der Waals surface area contributed by atoms with Crippen LogP contribution in [0, 0.1) is 0 Å². The lowest BCUT2D eigenvalue weighted by Crippen LogP contribution is -2.47. The zero-order valence-corrected chi connectivity index (χ0v) is 76.3. The molecule has 3 atom stereocenters. The molecular formula is C87H148N18O24. The Labute approximate surface area is 758 Å². The third-order valence-corrected chi connectivity index (χ3v) is 19.7. The molecule has 2 aromatic rings. The van der Waals surface area contributed by atoms with Gasteiger partial charge >= 0.3 is 90.7 Å². The van der Waals surface area contributed by atoms with E-state index in [0.29, 0.717) is 97.2 Å². The highest BCUT2D eigenvalue weighted by atomic mass is 16.6. The maximum absolute atomic E-state index is 12.2. The molecule has 3 unspecified atom stereocenters. The van der Waals surface area contributed by atoms with Gasteiger partial charge in [-0.2, -0.15) is 0 Å². The normalized spacial score (nSPS) is 12.7. The van der Waals surface area contributed by atoms with Crippen molar-refractivity contribution in [3.05, 3.63) is 71.8 Å². The van der Waals surface area contributed by atoms with Crippen LogP contribution in [-0.2, 0) is 70.1 Å². The Bertz CT molecular complexity index is 3440. The molecule has 2 aromatic carbocycles. The molecule has 0 bridgehead atoms. The zero-order valence-electron chi connectivity index (χ0n) is 76.3. The minimum absolute atomic E-state index is 0.00237. The van der Waals surface area contributed by atoms with E-state index in [-0.39, 0.29) is 97.4 Å². The summed E-state index contributed by atoms with van der Waals surface area (Å²) in [5.74, 6) is -1.77. The van der Waals surface area contributed by atoms with Crippen LogP contribution in [0.1, 0.15) is 224 Å². The van der Waals surface area contributed by atoms with Crippen molar-refractivity contribution in [3.8, 4) is 0 Å². The second-order valence-electron chi connectivity index (χ2n) is 30.3. The van der Waals surface area contributed by atoms with Crippen molar-refractivity contribution >= 4 is 90.7 Å². The van der Waals surface area contributed by atoms with E-state index in [9.17, 15) is 71.9 Å². The van der Waals surface area contributed by atoms with E-state index in [0.717, 1.165) is 94.6 Å². The summed E-state index contributed by atoms with van der Waals surface area (Å²) in [4.78, 5) is 179.